The SMILES string of the molecule is Cc1cccc(OC(C)CNC(=NCc2nnc(C)n2C)NCCCN2CCOCC2)c1.I. The number of ether oxygens (including phenoxy) is 2. The Hall–Kier alpha value is -1.92. The van der Waals surface area contributed by atoms with Crippen molar-refractivity contribution in [1.29, 1.82) is 0 Å². The summed E-state index contributed by atoms with van der Waals surface area (Å²) in [5.41, 5.74) is 1.19. The first-order chi connectivity index (χ1) is 15.5. The molecule has 2 heterocycles. The van der Waals surface area contributed by atoms with E-state index in [2.05, 4.69) is 45.6 Å². The van der Waals surface area contributed by atoms with E-state index in [1.165, 1.54) is 5.56 Å². The van der Waals surface area contributed by atoms with Gasteiger partial charge in [0.05, 0.1) is 19.8 Å². The van der Waals surface area contributed by atoms with E-state index in [1.807, 2.05) is 36.7 Å². The predicted octanol–water partition coefficient (Wildman–Crippen LogP) is 2.27. The molecule has 0 saturated carbocycles. The Balaban J connectivity index is 0.00000385. The summed E-state index contributed by atoms with van der Waals surface area (Å²) < 4.78 is 13.4. The first-order valence-corrected chi connectivity index (χ1v) is 11.4. The van der Waals surface area contributed by atoms with E-state index in [0.717, 1.165) is 69.2 Å². The molecular weight excluding hydrogens is 533 g/mol. The standard InChI is InChI=1S/C23H37N7O2.HI/c1-18-7-5-8-21(15-18)32-19(2)16-25-23(26-17-22-28-27-20(3)29(22)4)24-9-6-10-30-11-13-31-14-12-30;/h5,7-8,15,19H,6,9-14,16-17H2,1-4H3,(H2,24,25,26);1H. The molecule has 184 valence electrons. The molecule has 1 fully saturated rings. The van der Waals surface area contributed by atoms with Crippen LogP contribution in [0.5, 0.6) is 5.75 Å². The van der Waals surface area contributed by atoms with Gasteiger partial charge in [0, 0.05) is 26.7 Å². The molecule has 0 bridgehead atoms. The Labute approximate surface area is 214 Å². The summed E-state index contributed by atoms with van der Waals surface area (Å²) in [5.74, 6) is 3.35. The molecule has 1 aliphatic rings. The van der Waals surface area contributed by atoms with Gasteiger partial charge >= 0.3 is 0 Å². The van der Waals surface area contributed by atoms with Gasteiger partial charge in [-0.3, -0.25) is 4.90 Å². The van der Waals surface area contributed by atoms with E-state index in [1.54, 1.807) is 0 Å². The van der Waals surface area contributed by atoms with Gasteiger partial charge < -0.3 is 24.7 Å². The number of morpholine rings is 1. The van der Waals surface area contributed by atoms with E-state index in [9.17, 15) is 0 Å². The maximum absolute atomic E-state index is 6.05. The average Bonchev–Trinajstić information content (AvgIpc) is 3.11. The number of aryl methyl sites for hydroxylation is 2. The van der Waals surface area contributed by atoms with Gasteiger partial charge in [0.1, 0.15) is 24.2 Å². The number of benzene rings is 1. The summed E-state index contributed by atoms with van der Waals surface area (Å²) in [6, 6.07) is 8.11. The lowest BCUT2D eigenvalue weighted by Gasteiger charge is -2.26. The highest BCUT2D eigenvalue weighted by molar-refractivity contribution is 14.0. The maximum Gasteiger partial charge on any atom is 0.191 e. The Morgan fingerprint density at radius 3 is 2.70 bits per heavy atom. The number of hydrogen-bond donors (Lipinski definition) is 2. The molecule has 1 aliphatic heterocycles. The van der Waals surface area contributed by atoms with Gasteiger partial charge in [-0.25, -0.2) is 4.99 Å². The highest BCUT2D eigenvalue weighted by Gasteiger charge is 2.11. The van der Waals surface area contributed by atoms with Gasteiger partial charge in [0.2, 0.25) is 0 Å². The Morgan fingerprint density at radius 2 is 2.00 bits per heavy atom. The van der Waals surface area contributed by atoms with Crippen LogP contribution in [0.3, 0.4) is 0 Å². The quantitative estimate of drug-likeness (QED) is 0.196. The second-order valence-electron chi connectivity index (χ2n) is 8.25. The molecule has 0 spiro atoms. The minimum absolute atomic E-state index is 0. The summed E-state index contributed by atoms with van der Waals surface area (Å²) in [7, 11) is 1.96. The van der Waals surface area contributed by atoms with Crippen molar-refractivity contribution >= 4 is 29.9 Å². The molecule has 1 aromatic carbocycles. The number of nitrogens with zero attached hydrogens (tertiary/aromatic N) is 5. The third-order valence-corrected chi connectivity index (χ3v) is 5.49. The van der Waals surface area contributed by atoms with Crippen LogP contribution in [0.2, 0.25) is 0 Å². The van der Waals surface area contributed by atoms with Crippen molar-refractivity contribution in [1.82, 2.24) is 30.3 Å². The van der Waals surface area contributed by atoms with Crippen molar-refractivity contribution in [3.05, 3.63) is 41.5 Å². The molecule has 0 aliphatic carbocycles. The topological polar surface area (TPSA) is 88.8 Å². The summed E-state index contributed by atoms with van der Waals surface area (Å²) in [5, 5.41) is 15.2. The summed E-state index contributed by atoms with van der Waals surface area (Å²) >= 11 is 0. The van der Waals surface area contributed by atoms with Gasteiger partial charge in [0.25, 0.3) is 0 Å². The third-order valence-electron chi connectivity index (χ3n) is 5.49. The monoisotopic (exact) mass is 571 g/mol. The number of guanidine groups is 1. The van der Waals surface area contributed by atoms with Gasteiger partial charge in [-0.15, -0.1) is 34.2 Å². The minimum Gasteiger partial charge on any atom is -0.489 e. The zero-order valence-electron chi connectivity index (χ0n) is 20.2. The molecule has 9 nitrogen and oxygen atoms in total. The smallest absolute Gasteiger partial charge is 0.191 e. The van der Waals surface area contributed by atoms with Crippen molar-refractivity contribution in [3.63, 3.8) is 0 Å². The zero-order valence-corrected chi connectivity index (χ0v) is 22.5. The number of nitrogens with one attached hydrogen (secondary N) is 2. The highest BCUT2D eigenvalue weighted by atomic mass is 127. The fourth-order valence-electron chi connectivity index (χ4n) is 3.45. The number of rotatable bonds is 10. The average molecular weight is 572 g/mol. The molecule has 0 amide bonds. The van der Waals surface area contributed by atoms with Crippen LogP contribution in [0, 0.1) is 13.8 Å². The second-order valence-corrected chi connectivity index (χ2v) is 8.25. The molecule has 1 atom stereocenters. The van der Waals surface area contributed by atoms with E-state index in [0.29, 0.717) is 13.1 Å². The summed E-state index contributed by atoms with van der Waals surface area (Å²) in [6.45, 7) is 12.7. The Bertz CT molecular complexity index is 868. The molecular formula is C23H38IN7O2. The predicted molar refractivity (Wildman–Crippen MR) is 141 cm³/mol. The largest absolute Gasteiger partial charge is 0.489 e. The van der Waals surface area contributed by atoms with E-state index < -0.39 is 0 Å². The molecule has 10 heteroatoms. The molecule has 3 rings (SSSR count). The third kappa shape index (κ3) is 9.46. The van der Waals surface area contributed by atoms with Crippen LogP contribution in [0.1, 0.15) is 30.6 Å². The van der Waals surface area contributed by atoms with Crippen LogP contribution in [0.25, 0.3) is 0 Å². The van der Waals surface area contributed by atoms with Crippen LogP contribution in [0.4, 0.5) is 0 Å². The minimum atomic E-state index is -0.00535. The normalized spacial score (nSPS) is 15.6. The van der Waals surface area contributed by atoms with Crippen molar-refractivity contribution < 1.29 is 9.47 Å². The van der Waals surface area contributed by atoms with Crippen LogP contribution < -0.4 is 15.4 Å². The van der Waals surface area contributed by atoms with E-state index in [4.69, 9.17) is 14.5 Å². The highest BCUT2D eigenvalue weighted by Crippen LogP contribution is 2.13. The molecule has 2 aromatic rings. The van der Waals surface area contributed by atoms with Gasteiger partial charge in [-0.1, -0.05) is 12.1 Å². The Morgan fingerprint density at radius 1 is 1.21 bits per heavy atom. The van der Waals surface area contributed by atoms with E-state index in [-0.39, 0.29) is 30.1 Å². The number of halogens is 1. The Kier molecular flexibility index (Phi) is 11.9. The fraction of sp³-hybridized carbons (Fsp3) is 0.609. The zero-order chi connectivity index (χ0) is 22.8. The van der Waals surface area contributed by atoms with Gasteiger partial charge in [-0.05, 0) is 51.4 Å². The molecule has 1 unspecified atom stereocenters. The number of aliphatic imine (C=N–C) groups is 1. The lowest BCUT2D eigenvalue weighted by Crippen LogP contribution is -2.43. The van der Waals surface area contributed by atoms with Crippen molar-refractivity contribution in [2.75, 3.05) is 45.9 Å². The van der Waals surface area contributed by atoms with Crippen LogP contribution in [0.15, 0.2) is 29.3 Å². The first kappa shape index (κ1) is 27.3. The first-order valence-electron chi connectivity index (χ1n) is 11.4. The molecule has 2 N–H and O–H groups in total. The molecule has 0 radical (unpaired) electrons. The van der Waals surface area contributed by atoms with Crippen LogP contribution >= 0.6 is 24.0 Å². The molecule has 1 aromatic heterocycles. The lowest BCUT2D eigenvalue weighted by molar-refractivity contribution is 0.0376. The van der Waals surface area contributed by atoms with Gasteiger partial charge in [-0.2, -0.15) is 0 Å². The van der Waals surface area contributed by atoms with Crippen molar-refractivity contribution in [2.24, 2.45) is 12.0 Å². The number of aromatic nitrogens is 3. The number of hydrogen-bond acceptors (Lipinski definition) is 6. The summed E-state index contributed by atoms with van der Waals surface area (Å²) in [4.78, 5) is 7.17. The van der Waals surface area contributed by atoms with Crippen LogP contribution in [-0.2, 0) is 18.3 Å². The van der Waals surface area contributed by atoms with E-state index >= 15 is 0 Å². The second kappa shape index (κ2) is 14.4. The summed E-state index contributed by atoms with van der Waals surface area (Å²) in [6.07, 6.45) is 1.04. The van der Waals surface area contributed by atoms with Crippen molar-refractivity contribution in [2.45, 2.75) is 39.8 Å². The lowest BCUT2D eigenvalue weighted by atomic mass is 10.2. The molecule has 1 saturated heterocycles. The molecule has 33 heavy (non-hydrogen) atoms. The van der Waals surface area contributed by atoms with Crippen LogP contribution in [-0.4, -0.2) is 77.7 Å². The maximum atomic E-state index is 6.05. The van der Waals surface area contributed by atoms with Crippen molar-refractivity contribution in [3.8, 4) is 5.75 Å². The van der Waals surface area contributed by atoms with Gasteiger partial charge in [0.15, 0.2) is 11.8 Å². The fourth-order valence-corrected chi connectivity index (χ4v) is 3.45.